The number of hydrogen-bond acceptors (Lipinski definition) is 3. The van der Waals surface area contributed by atoms with Crippen molar-refractivity contribution in [3.63, 3.8) is 0 Å². The molecule has 0 radical (unpaired) electrons. The van der Waals surface area contributed by atoms with Crippen LogP contribution >= 0.6 is 15.9 Å². The van der Waals surface area contributed by atoms with Gasteiger partial charge in [-0.25, -0.2) is 9.29 Å². The van der Waals surface area contributed by atoms with Crippen molar-refractivity contribution in [1.82, 2.24) is 0 Å². The quantitative estimate of drug-likeness (QED) is 0.846. The lowest BCUT2D eigenvalue weighted by atomic mass is 10.1. The molecule has 6 heteroatoms. The Morgan fingerprint density at radius 2 is 1.67 bits per heavy atom. The summed E-state index contributed by atoms with van der Waals surface area (Å²) in [6.07, 6.45) is 0. The van der Waals surface area contributed by atoms with Gasteiger partial charge in [-0.15, -0.1) is 0 Å². The van der Waals surface area contributed by atoms with Gasteiger partial charge in [0.25, 0.3) is 11.8 Å². The summed E-state index contributed by atoms with van der Waals surface area (Å²) in [7, 11) is 1.60. The Labute approximate surface area is 128 Å². The molecule has 0 fully saturated rings. The molecule has 1 N–H and O–H groups in total. The van der Waals surface area contributed by atoms with Gasteiger partial charge in [0.05, 0.1) is 16.8 Å². The van der Waals surface area contributed by atoms with Crippen LogP contribution in [0.2, 0.25) is 0 Å². The Balaban J connectivity index is 2.20. The molecule has 0 saturated carbocycles. The van der Waals surface area contributed by atoms with Gasteiger partial charge in [-0.3, -0.25) is 9.59 Å². The highest BCUT2D eigenvalue weighted by Crippen LogP contribution is 2.37. The van der Waals surface area contributed by atoms with Crippen molar-refractivity contribution >= 4 is 39.1 Å². The van der Waals surface area contributed by atoms with Crippen LogP contribution in [0.5, 0.6) is 0 Å². The monoisotopic (exact) mass is 348 g/mol. The van der Waals surface area contributed by atoms with E-state index in [0.717, 1.165) is 4.90 Å². The molecule has 1 aliphatic heterocycles. The highest BCUT2D eigenvalue weighted by atomic mass is 79.9. The molecule has 0 aromatic heterocycles. The molecule has 106 valence electrons. The van der Waals surface area contributed by atoms with Crippen LogP contribution in [-0.4, -0.2) is 18.9 Å². The van der Waals surface area contributed by atoms with Gasteiger partial charge in [0, 0.05) is 11.5 Å². The number of imide groups is 1. The number of carbonyl (C=O) groups excluding carboxylic acids is 2. The van der Waals surface area contributed by atoms with E-state index >= 15 is 0 Å². The largest absolute Gasteiger partial charge is 0.386 e. The molecule has 3 rings (SSSR count). The highest BCUT2D eigenvalue weighted by molar-refractivity contribution is 9.10. The predicted octanol–water partition coefficient (Wildman–Crippen LogP) is 3.43. The number of carbonyl (C=O) groups is 2. The van der Waals surface area contributed by atoms with E-state index in [2.05, 4.69) is 21.2 Å². The van der Waals surface area contributed by atoms with E-state index in [1.165, 1.54) is 6.07 Å². The van der Waals surface area contributed by atoms with Crippen molar-refractivity contribution in [3.05, 3.63) is 57.8 Å². The smallest absolute Gasteiger partial charge is 0.266 e. The second-order valence-electron chi connectivity index (χ2n) is 4.53. The second-order valence-corrected chi connectivity index (χ2v) is 5.44. The van der Waals surface area contributed by atoms with Crippen LogP contribution in [-0.2, 0) is 0 Å². The van der Waals surface area contributed by atoms with Gasteiger partial charge in [0.1, 0.15) is 5.69 Å². The fourth-order valence-corrected chi connectivity index (χ4v) is 2.81. The minimum Gasteiger partial charge on any atom is -0.386 e. The first-order valence-corrected chi connectivity index (χ1v) is 6.98. The van der Waals surface area contributed by atoms with Crippen LogP contribution in [0.1, 0.15) is 20.7 Å². The fourth-order valence-electron chi connectivity index (χ4n) is 2.38. The molecule has 0 bridgehead atoms. The molecule has 0 unspecified atom stereocenters. The maximum absolute atomic E-state index is 14.3. The van der Waals surface area contributed by atoms with E-state index in [-0.39, 0.29) is 16.8 Å². The standard InChI is InChI=1S/C15H10BrFN2O2/c1-18-12-7-8(16)6-11(17)13(12)19-14(20)9-4-2-3-5-10(9)15(19)21/h2-7,18H,1H3. The number of anilines is 2. The van der Waals surface area contributed by atoms with Crippen molar-refractivity contribution in [2.75, 3.05) is 17.3 Å². The molecular formula is C15H10BrFN2O2. The van der Waals surface area contributed by atoms with E-state index < -0.39 is 17.6 Å². The number of nitrogens with one attached hydrogen (secondary N) is 1. The number of hydrogen-bond donors (Lipinski definition) is 1. The summed E-state index contributed by atoms with van der Waals surface area (Å²) in [5.41, 5.74) is 0.863. The third-order valence-electron chi connectivity index (χ3n) is 3.32. The van der Waals surface area contributed by atoms with Crippen molar-refractivity contribution in [1.29, 1.82) is 0 Å². The van der Waals surface area contributed by atoms with E-state index in [0.29, 0.717) is 10.2 Å². The lowest BCUT2D eigenvalue weighted by Crippen LogP contribution is -2.31. The lowest BCUT2D eigenvalue weighted by Gasteiger charge is -2.19. The van der Waals surface area contributed by atoms with E-state index in [1.54, 1.807) is 37.4 Å². The number of benzene rings is 2. The van der Waals surface area contributed by atoms with Crippen LogP contribution in [0, 0.1) is 5.82 Å². The van der Waals surface area contributed by atoms with E-state index in [1.807, 2.05) is 0 Å². The second kappa shape index (κ2) is 4.96. The van der Waals surface area contributed by atoms with Crippen LogP contribution in [0.15, 0.2) is 40.9 Å². The van der Waals surface area contributed by atoms with Crippen molar-refractivity contribution in [3.8, 4) is 0 Å². The van der Waals surface area contributed by atoms with Gasteiger partial charge >= 0.3 is 0 Å². The SMILES string of the molecule is CNc1cc(Br)cc(F)c1N1C(=O)c2ccccc2C1=O. The summed E-state index contributed by atoms with van der Waals surface area (Å²) in [5.74, 6) is -1.69. The Bertz CT molecular complexity index is 741. The van der Waals surface area contributed by atoms with Crippen molar-refractivity contribution in [2.45, 2.75) is 0 Å². The predicted molar refractivity (Wildman–Crippen MR) is 81.2 cm³/mol. The molecule has 4 nitrogen and oxygen atoms in total. The molecule has 2 amide bonds. The third-order valence-corrected chi connectivity index (χ3v) is 3.77. The lowest BCUT2D eigenvalue weighted by molar-refractivity contribution is 0.0925. The van der Waals surface area contributed by atoms with E-state index in [9.17, 15) is 14.0 Å². The normalized spacial score (nSPS) is 13.6. The van der Waals surface area contributed by atoms with Gasteiger partial charge in [0.2, 0.25) is 0 Å². The summed E-state index contributed by atoms with van der Waals surface area (Å²) in [6, 6.07) is 9.30. The van der Waals surface area contributed by atoms with Crippen molar-refractivity contribution in [2.24, 2.45) is 0 Å². The molecule has 0 aliphatic carbocycles. The zero-order valence-electron chi connectivity index (χ0n) is 11.0. The van der Waals surface area contributed by atoms with Crippen LogP contribution in [0.4, 0.5) is 15.8 Å². The first-order chi connectivity index (χ1) is 10.0. The third kappa shape index (κ3) is 2.03. The summed E-state index contributed by atoms with van der Waals surface area (Å²) in [4.78, 5) is 25.7. The van der Waals surface area contributed by atoms with Crippen LogP contribution in [0.3, 0.4) is 0 Å². The first kappa shape index (κ1) is 13.8. The summed E-state index contributed by atoms with van der Waals surface area (Å²) in [6.45, 7) is 0. The number of rotatable bonds is 2. The zero-order valence-corrected chi connectivity index (χ0v) is 12.6. The molecule has 0 atom stereocenters. The average Bonchev–Trinajstić information content (AvgIpc) is 2.71. The molecule has 2 aromatic rings. The van der Waals surface area contributed by atoms with Gasteiger partial charge < -0.3 is 5.32 Å². The van der Waals surface area contributed by atoms with E-state index in [4.69, 9.17) is 0 Å². The minimum atomic E-state index is -0.650. The van der Waals surface area contributed by atoms with Gasteiger partial charge in [-0.05, 0) is 24.3 Å². The van der Waals surface area contributed by atoms with Crippen LogP contribution in [0.25, 0.3) is 0 Å². The molecule has 0 saturated heterocycles. The zero-order chi connectivity index (χ0) is 15.1. The number of amides is 2. The maximum atomic E-state index is 14.3. The summed E-state index contributed by atoms with van der Waals surface area (Å²) >= 11 is 3.19. The average molecular weight is 349 g/mol. The molecule has 0 spiro atoms. The Morgan fingerprint density at radius 3 is 2.19 bits per heavy atom. The Morgan fingerprint density at radius 1 is 1.10 bits per heavy atom. The summed E-state index contributed by atoms with van der Waals surface area (Å²) < 4.78 is 14.8. The molecule has 21 heavy (non-hydrogen) atoms. The van der Waals surface area contributed by atoms with Gasteiger partial charge in [0.15, 0.2) is 5.82 Å². The van der Waals surface area contributed by atoms with Gasteiger partial charge in [-0.1, -0.05) is 28.1 Å². The fraction of sp³-hybridized carbons (Fsp3) is 0.0667. The van der Waals surface area contributed by atoms with Crippen LogP contribution < -0.4 is 10.2 Å². The highest BCUT2D eigenvalue weighted by Gasteiger charge is 2.38. The topological polar surface area (TPSA) is 49.4 Å². The Kier molecular flexibility index (Phi) is 3.25. The molecular weight excluding hydrogens is 339 g/mol. The first-order valence-electron chi connectivity index (χ1n) is 6.19. The molecule has 2 aromatic carbocycles. The minimum absolute atomic E-state index is 0.0631. The molecule has 1 heterocycles. The summed E-state index contributed by atoms with van der Waals surface area (Å²) in [5, 5.41) is 2.81. The molecule has 1 aliphatic rings. The van der Waals surface area contributed by atoms with Gasteiger partial charge in [-0.2, -0.15) is 0 Å². The number of halogens is 2. The van der Waals surface area contributed by atoms with Crippen molar-refractivity contribution < 1.29 is 14.0 Å². The number of fused-ring (bicyclic) bond motifs is 1. The maximum Gasteiger partial charge on any atom is 0.266 e. The Hall–Kier alpha value is -2.21. The number of nitrogens with zero attached hydrogens (tertiary/aromatic N) is 1.